The summed E-state index contributed by atoms with van der Waals surface area (Å²) in [5.41, 5.74) is 0. The Morgan fingerprint density at radius 1 is 1.38 bits per heavy atom. The van der Waals surface area contributed by atoms with Gasteiger partial charge in [0.25, 0.3) is 0 Å². The monoisotopic (exact) mass is 226 g/mol. The lowest BCUT2D eigenvalue weighted by molar-refractivity contribution is 0.0676. The molecular formula is C13H26N2O. The first-order valence-electron chi connectivity index (χ1n) is 6.68. The summed E-state index contributed by atoms with van der Waals surface area (Å²) in [5, 5.41) is 3.71. The number of rotatable bonds is 5. The Labute approximate surface area is 99.5 Å². The highest BCUT2D eigenvalue weighted by molar-refractivity contribution is 4.95. The van der Waals surface area contributed by atoms with Gasteiger partial charge in [-0.25, -0.2) is 0 Å². The third kappa shape index (κ3) is 2.96. The van der Waals surface area contributed by atoms with Crippen LogP contribution in [0.2, 0.25) is 0 Å². The first-order valence-corrected chi connectivity index (χ1v) is 6.68. The maximum absolute atomic E-state index is 5.23. The third-order valence-corrected chi connectivity index (χ3v) is 4.04. The summed E-state index contributed by atoms with van der Waals surface area (Å²) in [7, 11) is 1.80. The molecule has 2 fully saturated rings. The van der Waals surface area contributed by atoms with Crippen molar-refractivity contribution < 1.29 is 4.74 Å². The molecule has 1 heterocycles. The average molecular weight is 226 g/mol. The molecule has 0 radical (unpaired) electrons. The van der Waals surface area contributed by atoms with Gasteiger partial charge in [0.1, 0.15) is 0 Å². The number of ether oxygens (including phenoxy) is 1. The number of hydrogen-bond donors (Lipinski definition) is 1. The fourth-order valence-corrected chi connectivity index (χ4v) is 2.71. The maximum Gasteiger partial charge on any atom is 0.0589 e. The largest absolute Gasteiger partial charge is 0.383 e. The van der Waals surface area contributed by atoms with Gasteiger partial charge in [-0.3, -0.25) is 4.90 Å². The van der Waals surface area contributed by atoms with E-state index in [0.717, 1.165) is 31.0 Å². The van der Waals surface area contributed by atoms with Crippen LogP contribution in [0.1, 0.15) is 26.7 Å². The Morgan fingerprint density at radius 3 is 2.69 bits per heavy atom. The second kappa shape index (κ2) is 5.48. The van der Waals surface area contributed by atoms with Gasteiger partial charge < -0.3 is 10.1 Å². The first-order chi connectivity index (χ1) is 7.72. The fraction of sp³-hybridized carbons (Fsp3) is 1.00. The zero-order chi connectivity index (χ0) is 11.5. The second-order valence-electron chi connectivity index (χ2n) is 5.65. The lowest BCUT2D eigenvalue weighted by Gasteiger charge is -2.42. The number of nitrogens with zero attached hydrogens (tertiary/aromatic N) is 1. The molecule has 3 nitrogen and oxygen atoms in total. The van der Waals surface area contributed by atoms with E-state index in [-0.39, 0.29) is 0 Å². The molecule has 0 aromatic heterocycles. The molecule has 2 aliphatic rings. The maximum atomic E-state index is 5.23. The molecule has 1 aliphatic heterocycles. The molecule has 94 valence electrons. The predicted octanol–water partition coefficient (Wildman–Crippen LogP) is 1.34. The molecule has 0 amide bonds. The Balaban J connectivity index is 1.89. The fourth-order valence-electron chi connectivity index (χ4n) is 2.71. The normalized spacial score (nSPS) is 32.2. The highest BCUT2D eigenvalue weighted by Crippen LogP contribution is 2.36. The van der Waals surface area contributed by atoms with E-state index in [1.807, 2.05) is 0 Å². The van der Waals surface area contributed by atoms with Crippen LogP contribution in [-0.2, 0) is 4.74 Å². The summed E-state index contributed by atoms with van der Waals surface area (Å²) >= 11 is 0. The van der Waals surface area contributed by atoms with Crippen LogP contribution in [0.3, 0.4) is 0 Å². The number of hydrogen-bond acceptors (Lipinski definition) is 3. The Morgan fingerprint density at radius 2 is 2.12 bits per heavy atom. The zero-order valence-corrected chi connectivity index (χ0v) is 10.9. The Kier molecular flexibility index (Phi) is 4.22. The molecule has 0 spiro atoms. The molecule has 1 N–H and O–H groups in total. The molecule has 0 aromatic carbocycles. The smallest absolute Gasteiger partial charge is 0.0589 e. The minimum Gasteiger partial charge on any atom is -0.383 e. The SMILES string of the molecule is COCCN1CC(C(C)C)NCC1C1CC1. The van der Waals surface area contributed by atoms with Crippen molar-refractivity contribution in [1.29, 1.82) is 0 Å². The van der Waals surface area contributed by atoms with Crippen LogP contribution >= 0.6 is 0 Å². The third-order valence-electron chi connectivity index (χ3n) is 4.04. The minimum absolute atomic E-state index is 0.659. The van der Waals surface area contributed by atoms with Crippen LogP contribution in [0.15, 0.2) is 0 Å². The molecule has 3 heteroatoms. The first kappa shape index (κ1) is 12.3. The second-order valence-corrected chi connectivity index (χ2v) is 5.65. The van der Waals surface area contributed by atoms with E-state index in [9.17, 15) is 0 Å². The van der Waals surface area contributed by atoms with Crippen LogP contribution in [0.5, 0.6) is 0 Å². The molecule has 2 atom stereocenters. The van der Waals surface area contributed by atoms with E-state index >= 15 is 0 Å². The Bertz CT molecular complexity index is 216. The van der Waals surface area contributed by atoms with Gasteiger partial charge in [-0.2, -0.15) is 0 Å². The van der Waals surface area contributed by atoms with Crippen molar-refractivity contribution in [2.45, 2.75) is 38.8 Å². The van der Waals surface area contributed by atoms with Crippen molar-refractivity contribution in [2.24, 2.45) is 11.8 Å². The summed E-state index contributed by atoms with van der Waals surface area (Å²) in [5.74, 6) is 1.68. The number of nitrogens with one attached hydrogen (secondary N) is 1. The van der Waals surface area contributed by atoms with E-state index in [1.54, 1.807) is 7.11 Å². The average Bonchev–Trinajstić information content (AvgIpc) is 3.09. The highest BCUT2D eigenvalue weighted by atomic mass is 16.5. The van der Waals surface area contributed by atoms with Crippen molar-refractivity contribution in [3.05, 3.63) is 0 Å². The molecule has 0 bridgehead atoms. The van der Waals surface area contributed by atoms with E-state index in [4.69, 9.17) is 4.74 Å². The molecule has 1 saturated carbocycles. The molecule has 2 unspecified atom stereocenters. The topological polar surface area (TPSA) is 24.5 Å². The van der Waals surface area contributed by atoms with E-state index < -0.39 is 0 Å². The summed E-state index contributed by atoms with van der Waals surface area (Å²) in [4.78, 5) is 2.66. The van der Waals surface area contributed by atoms with Crippen molar-refractivity contribution in [1.82, 2.24) is 10.2 Å². The lowest BCUT2D eigenvalue weighted by Crippen LogP contribution is -2.59. The minimum atomic E-state index is 0.659. The van der Waals surface area contributed by atoms with Gasteiger partial charge in [-0.05, 0) is 24.7 Å². The van der Waals surface area contributed by atoms with Gasteiger partial charge in [0.05, 0.1) is 6.61 Å². The molecule has 1 aliphatic carbocycles. The Hall–Kier alpha value is -0.120. The summed E-state index contributed by atoms with van der Waals surface area (Å²) in [6.07, 6.45) is 2.87. The van der Waals surface area contributed by atoms with Crippen molar-refractivity contribution >= 4 is 0 Å². The van der Waals surface area contributed by atoms with Crippen LogP contribution < -0.4 is 5.32 Å². The standard InChI is InChI=1S/C13H26N2O/c1-10(2)12-9-15(6-7-16-3)13(8-14-12)11-4-5-11/h10-14H,4-9H2,1-3H3. The van der Waals surface area contributed by atoms with E-state index in [2.05, 4.69) is 24.1 Å². The zero-order valence-electron chi connectivity index (χ0n) is 10.9. The predicted molar refractivity (Wildman–Crippen MR) is 66.6 cm³/mol. The molecular weight excluding hydrogens is 200 g/mol. The van der Waals surface area contributed by atoms with Crippen LogP contribution in [0.4, 0.5) is 0 Å². The lowest BCUT2D eigenvalue weighted by atomic mass is 9.97. The van der Waals surface area contributed by atoms with Gasteiger partial charge >= 0.3 is 0 Å². The molecule has 1 saturated heterocycles. The number of piperazine rings is 1. The van der Waals surface area contributed by atoms with Crippen molar-refractivity contribution in [2.75, 3.05) is 33.4 Å². The summed E-state index contributed by atoms with van der Waals surface area (Å²) in [6.45, 7) is 8.96. The van der Waals surface area contributed by atoms with Gasteiger partial charge in [0, 0.05) is 38.8 Å². The van der Waals surface area contributed by atoms with Gasteiger partial charge in [-0.1, -0.05) is 13.8 Å². The number of methoxy groups -OCH3 is 1. The quantitative estimate of drug-likeness (QED) is 0.765. The van der Waals surface area contributed by atoms with Gasteiger partial charge in [0.15, 0.2) is 0 Å². The van der Waals surface area contributed by atoms with Gasteiger partial charge in [0.2, 0.25) is 0 Å². The summed E-state index contributed by atoms with van der Waals surface area (Å²) in [6, 6.07) is 1.43. The molecule has 16 heavy (non-hydrogen) atoms. The highest BCUT2D eigenvalue weighted by Gasteiger charge is 2.38. The van der Waals surface area contributed by atoms with Gasteiger partial charge in [-0.15, -0.1) is 0 Å². The molecule has 0 aromatic rings. The molecule has 2 rings (SSSR count). The van der Waals surface area contributed by atoms with Crippen LogP contribution in [-0.4, -0.2) is 50.3 Å². The van der Waals surface area contributed by atoms with E-state index in [0.29, 0.717) is 6.04 Å². The summed E-state index contributed by atoms with van der Waals surface area (Å²) < 4.78 is 5.23. The van der Waals surface area contributed by atoms with E-state index in [1.165, 1.54) is 25.9 Å². The van der Waals surface area contributed by atoms with Crippen LogP contribution in [0, 0.1) is 11.8 Å². The van der Waals surface area contributed by atoms with Crippen LogP contribution in [0.25, 0.3) is 0 Å². The van der Waals surface area contributed by atoms with Crippen molar-refractivity contribution in [3.8, 4) is 0 Å². The van der Waals surface area contributed by atoms with Crippen molar-refractivity contribution in [3.63, 3.8) is 0 Å².